The second-order valence-electron chi connectivity index (χ2n) is 3.62. The Hall–Kier alpha value is -0.823. The Morgan fingerprint density at radius 3 is 2.22 bits per heavy atom. The molecule has 0 saturated carbocycles. The molecule has 0 unspecified atom stereocenters. The molecule has 4 N–H and O–H groups in total. The average molecular weight is 300 g/mol. The number of imidazole rings is 1. The Bertz CT molecular complexity index is 445. The standard InChI is InChI=1S/C7H15N2O3Si.H2O4S/c1-8-4-5-9(7-8)3-2-6-13(10,11)12;1-5(2,3)4/h4-5,7,10-12H,2-3,6H2,1H3;(H2,1,2,3,4)/q+1;/p-1. The number of aryl methyl sites for hydroxylation is 2. The first kappa shape index (κ1) is 17.2. The fraction of sp³-hybridized carbons (Fsp3) is 0.571. The van der Waals surface area contributed by atoms with Crippen LogP contribution in [0.2, 0.25) is 6.04 Å². The molecule has 1 aromatic rings. The van der Waals surface area contributed by atoms with Gasteiger partial charge in [-0.05, 0) is 6.42 Å². The maximum Gasteiger partial charge on any atom is 0.492 e. The van der Waals surface area contributed by atoms with E-state index in [0.717, 1.165) is 0 Å². The Morgan fingerprint density at radius 1 is 1.39 bits per heavy atom. The topological polar surface area (TPSA) is 147 Å². The lowest BCUT2D eigenvalue weighted by Crippen LogP contribution is -2.34. The van der Waals surface area contributed by atoms with Gasteiger partial charge in [0.1, 0.15) is 12.4 Å². The van der Waals surface area contributed by atoms with E-state index in [9.17, 15) is 0 Å². The van der Waals surface area contributed by atoms with E-state index in [1.165, 1.54) is 0 Å². The molecule has 9 nitrogen and oxygen atoms in total. The summed E-state index contributed by atoms with van der Waals surface area (Å²) in [5.41, 5.74) is 0. The second kappa shape index (κ2) is 6.94. The normalized spacial score (nSPS) is 11.9. The van der Waals surface area contributed by atoms with Crippen molar-refractivity contribution in [1.82, 2.24) is 4.57 Å². The first-order chi connectivity index (χ1) is 7.97. The molecule has 18 heavy (non-hydrogen) atoms. The zero-order valence-corrected chi connectivity index (χ0v) is 11.5. The van der Waals surface area contributed by atoms with Crippen molar-refractivity contribution in [2.45, 2.75) is 19.0 Å². The van der Waals surface area contributed by atoms with Crippen LogP contribution in [0.4, 0.5) is 0 Å². The van der Waals surface area contributed by atoms with Crippen LogP contribution in [0.3, 0.4) is 0 Å². The van der Waals surface area contributed by atoms with Gasteiger partial charge in [0, 0.05) is 6.04 Å². The number of nitrogens with zero attached hydrogens (tertiary/aromatic N) is 2. The monoisotopic (exact) mass is 300 g/mol. The molecule has 106 valence electrons. The molecule has 1 rings (SSSR count). The molecule has 0 amide bonds. The van der Waals surface area contributed by atoms with Crippen molar-refractivity contribution in [3.63, 3.8) is 0 Å². The van der Waals surface area contributed by atoms with Crippen LogP contribution in [-0.2, 0) is 24.0 Å². The zero-order chi connectivity index (χ0) is 14.4. The molecule has 0 saturated heterocycles. The summed E-state index contributed by atoms with van der Waals surface area (Å²) in [4.78, 5) is 26.2. The quantitative estimate of drug-likeness (QED) is 0.210. The van der Waals surface area contributed by atoms with Crippen LogP contribution >= 0.6 is 0 Å². The summed E-state index contributed by atoms with van der Waals surface area (Å²) in [7, 11) is -6.82. The maximum atomic E-state index is 8.74. The van der Waals surface area contributed by atoms with E-state index in [4.69, 9.17) is 31.9 Å². The van der Waals surface area contributed by atoms with Crippen molar-refractivity contribution in [2.24, 2.45) is 7.05 Å². The molecule has 0 aliphatic heterocycles. The van der Waals surface area contributed by atoms with Gasteiger partial charge in [-0.1, -0.05) is 0 Å². The number of rotatable bonds is 4. The third-order valence-corrected chi connectivity index (χ3v) is 2.78. The van der Waals surface area contributed by atoms with Crippen molar-refractivity contribution < 1.29 is 36.5 Å². The molecule has 0 spiro atoms. The summed E-state index contributed by atoms with van der Waals surface area (Å²) in [6.45, 7) is 0.692. The fourth-order valence-electron chi connectivity index (χ4n) is 1.13. The molecule has 11 heteroatoms. The molecular weight excluding hydrogens is 284 g/mol. The van der Waals surface area contributed by atoms with E-state index in [1.807, 2.05) is 34.9 Å². The lowest BCUT2D eigenvalue weighted by molar-refractivity contribution is -0.671. The third kappa shape index (κ3) is 13.2. The lowest BCUT2D eigenvalue weighted by atomic mass is 10.5. The SMILES string of the molecule is C[n+]1ccn(CCC[Si](O)(O)O)c1.O=S(=O)([O-])O. The fourth-order valence-corrected chi connectivity index (χ4v) is 1.77. The largest absolute Gasteiger partial charge is 0.726 e. The van der Waals surface area contributed by atoms with Crippen LogP contribution in [0.15, 0.2) is 18.7 Å². The van der Waals surface area contributed by atoms with Crippen LogP contribution in [0.1, 0.15) is 6.42 Å². The van der Waals surface area contributed by atoms with Crippen molar-refractivity contribution >= 4 is 19.2 Å². The van der Waals surface area contributed by atoms with Gasteiger partial charge in [0.2, 0.25) is 16.7 Å². The van der Waals surface area contributed by atoms with Gasteiger partial charge in [0.15, 0.2) is 0 Å². The molecular formula is C7H16N2O7SSi. The number of hydrogen-bond donors (Lipinski definition) is 4. The van der Waals surface area contributed by atoms with E-state index in [2.05, 4.69) is 0 Å². The summed E-state index contributed by atoms with van der Waals surface area (Å²) in [5, 5.41) is 0. The summed E-state index contributed by atoms with van der Waals surface area (Å²) >= 11 is 0. The summed E-state index contributed by atoms with van der Waals surface area (Å²) in [6.07, 6.45) is 6.27. The molecule has 0 aliphatic carbocycles. The highest BCUT2D eigenvalue weighted by Crippen LogP contribution is 2.02. The van der Waals surface area contributed by atoms with E-state index in [0.29, 0.717) is 13.0 Å². The summed E-state index contributed by atoms with van der Waals surface area (Å²) < 4.78 is 36.7. The highest BCUT2D eigenvalue weighted by atomic mass is 32.3. The molecule has 0 aromatic carbocycles. The molecule has 0 aliphatic rings. The van der Waals surface area contributed by atoms with E-state index in [-0.39, 0.29) is 6.04 Å². The maximum absolute atomic E-state index is 8.74. The van der Waals surface area contributed by atoms with Gasteiger partial charge in [-0.15, -0.1) is 0 Å². The smallest absolute Gasteiger partial charge is 0.492 e. The van der Waals surface area contributed by atoms with Gasteiger partial charge in [-0.2, -0.15) is 0 Å². The van der Waals surface area contributed by atoms with Crippen LogP contribution in [0, 0.1) is 0 Å². The highest BCUT2D eigenvalue weighted by molar-refractivity contribution is 7.79. The van der Waals surface area contributed by atoms with Gasteiger partial charge in [0.05, 0.1) is 13.6 Å². The van der Waals surface area contributed by atoms with Gasteiger partial charge in [0.25, 0.3) is 0 Å². The summed E-state index contributed by atoms with van der Waals surface area (Å²) in [5.74, 6) is 0. The van der Waals surface area contributed by atoms with Crippen molar-refractivity contribution in [2.75, 3.05) is 0 Å². The lowest BCUT2D eigenvalue weighted by Gasteiger charge is -2.06. The molecule has 0 radical (unpaired) electrons. The average Bonchev–Trinajstić information content (AvgIpc) is 2.45. The molecule has 1 heterocycles. The first-order valence-corrected chi connectivity index (χ1v) is 8.25. The highest BCUT2D eigenvalue weighted by Gasteiger charge is 2.25. The van der Waals surface area contributed by atoms with E-state index >= 15 is 0 Å². The predicted octanol–water partition coefficient (Wildman–Crippen LogP) is -2.38. The Balaban J connectivity index is 0.000000494. The Labute approximate surface area is 106 Å². The number of aromatic nitrogens is 2. The summed E-state index contributed by atoms with van der Waals surface area (Å²) in [6, 6.07) is 0.0922. The van der Waals surface area contributed by atoms with Crippen LogP contribution in [0.5, 0.6) is 0 Å². The van der Waals surface area contributed by atoms with Crippen molar-refractivity contribution in [1.29, 1.82) is 0 Å². The van der Waals surface area contributed by atoms with E-state index in [1.54, 1.807) is 0 Å². The van der Waals surface area contributed by atoms with Gasteiger partial charge >= 0.3 is 8.80 Å². The van der Waals surface area contributed by atoms with Gasteiger partial charge in [-0.25, -0.2) is 17.6 Å². The van der Waals surface area contributed by atoms with Crippen LogP contribution < -0.4 is 4.57 Å². The molecule has 0 bridgehead atoms. The molecule has 1 aromatic heterocycles. The predicted molar refractivity (Wildman–Crippen MR) is 59.8 cm³/mol. The zero-order valence-electron chi connectivity index (χ0n) is 9.67. The first-order valence-electron chi connectivity index (χ1n) is 4.84. The minimum absolute atomic E-state index is 0.0922. The van der Waals surface area contributed by atoms with Crippen molar-refractivity contribution in [3.05, 3.63) is 18.7 Å². The minimum Gasteiger partial charge on any atom is -0.726 e. The Morgan fingerprint density at radius 2 is 1.89 bits per heavy atom. The second-order valence-corrected chi connectivity index (χ2v) is 6.53. The van der Waals surface area contributed by atoms with Crippen molar-refractivity contribution in [3.8, 4) is 0 Å². The third-order valence-electron chi connectivity index (χ3n) is 1.75. The van der Waals surface area contributed by atoms with Crippen LogP contribution in [-0.4, -0.2) is 45.3 Å². The Kier molecular flexibility index (Phi) is 6.62. The van der Waals surface area contributed by atoms with Gasteiger partial charge < -0.3 is 18.9 Å². The van der Waals surface area contributed by atoms with Crippen LogP contribution in [0.25, 0.3) is 0 Å². The van der Waals surface area contributed by atoms with E-state index < -0.39 is 19.2 Å². The van der Waals surface area contributed by atoms with Gasteiger partial charge in [-0.3, -0.25) is 4.55 Å². The minimum atomic E-state index is -4.92. The number of hydrogen-bond acceptors (Lipinski definition) is 6. The molecule has 0 fully saturated rings. The molecule has 0 atom stereocenters.